The number of amides is 2. The fourth-order valence-corrected chi connectivity index (χ4v) is 6.42. The first-order valence-corrected chi connectivity index (χ1v) is 14.6. The highest BCUT2D eigenvalue weighted by Gasteiger charge is 2.28. The second-order valence-electron chi connectivity index (χ2n) is 9.66. The molecule has 0 unspecified atom stereocenters. The Labute approximate surface area is 225 Å². The number of carbonyl (C=O) groups is 2. The standard InChI is InChI=1S/C29H36N4O4S/c1-4-32(5-2)20-28(34)33-18-16-22(17-19-33)31-38(36,37)27-15-14-26(24-12-8-9-13-25(24)27)30-29(35)23-11-7-6-10-21(23)3/h6-15,22,31H,4-5,16-20H2,1-3H3,(H,30,35). The zero-order valence-electron chi connectivity index (χ0n) is 22.2. The summed E-state index contributed by atoms with van der Waals surface area (Å²) in [5.41, 5.74) is 1.98. The topological polar surface area (TPSA) is 98.8 Å². The molecule has 3 aromatic carbocycles. The summed E-state index contributed by atoms with van der Waals surface area (Å²) >= 11 is 0. The van der Waals surface area contributed by atoms with E-state index in [1.165, 1.54) is 0 Å². The lowest BCUT2D eigenvalue weighted by Crippen LogP contribution is -2.49. The maximum absolute atomic E-state index is 13.5. The summed E-state index contributed by atoms with van der Waals surface area (Å²) in [5.74, 6) is -0.159. The third kappa shape index (κ3) is 6.23. The fourth-order valence-electron chi connectivity index (χ4n) is 4.90. The van der Waals surface area contributed by atoms with Crippen LogP contribution >= 0.6 is 0 Å². The van der Waals surface area contributed by atoms with Crippen molar-refractivity contribution in [1.82, 2.24) is 14.5 Å². The first-order chi connectivity index (χ1) is 18.2. The maximum Gasteiger partial charge on any atom is 0.255 e. The third-order valence-corrected chi connectivity index (χ3v) is 8.81. The molecule has 2 N–H and O–H groups in total. The molecule has 1 aliphatic rings. The van der Waals surface area contributed by atoms with Crippen LogP contribution in [0.1, 0.15) is 42.6 Å². The molecule has 0 aliphatic carbocycles. The summed E-state index contributed by atoms with van der Waals surface area (Å²) in [7, 11) is -3.83. The van der Waals surface area contributed by atoms with E-state index in [0.29, 0.717) is 54.5 Å². The Hall–Kier alpha value is -3.27. The molecule has 0 saturated carbocycles. The van der Waals surface area contributed by atoms with Crippen LogP contribution in [0, 0.1) is 6.92 Å². The van der Waals surface area contributed by atoms with Gasteiger partial charge in [-0.1, -0.05) is 56.3 Å². The predicted octanol–water partition coefficient (Wildman–Crippen LogP) is 4.01. The van der Waals surface area contributed by atoms with Crippen LogP contribution < -0.4 is 10.0 Å². The van der Waals surface area contributed by atoms with Gasteiger partial charge in [0.25, 0.3) is 5.91 Å². The zero-order valence-corrected chi connectivity index (χ0v) is 23.1. The van der Waals surface area contributed by atoms with Gasteiger partial charge in [0.15, 0.2) is 0 Å². The van der Waals surface area contributed by atoms with E-state index in [-0.39, 0.29) is 22.8 Å². The molecule has 4 rings (SSSR count). The number of likely N-dealkylation sites (N-methyl/N-ethyl adjacent to an activating group) is 1. The zero-order chi connectivity index (χ0) is 27.3. The summed E-state index contributed by atoms with van der Waals surface area (Å²) in [6, 6.07) is 17.4. The molecule has 9 heteroatoms. The molecule has 1 heterocycles. The number of hydrogen-bond donors (Lipinski definition) is 2. The van der Waals surface area contributed by atoms with E-state index in [1.807, 2.05) is 56.0 Å². The van der Waals surface area contributed by atoms with E-state index in [2.05, 4.69) is 14.9 Å². The number of piperidine rings is 1. The molecule has 0 radical (unpaired) electrons. The van der Waals surface area contributed by atoms with Crippen molar-refractivity contribution in [3.05, 3.63) is 71.8 Å². The van der Waals surface area contributed by atoms with Crippen molar-refractivity contribution >= 4 is 38.3 Å². The Morgan fingerprint density at radius 1 is 0.921 bits per heavy atom. The smallest absolute Gasteiger partial charge is 0.255 e. The number of rotatable bonds is 9. The molecule has 0 bridgehead atoms. The van der Waals surface area contributed by atoms with Gasteiger partial charge in [0, 0.05) is 41.2 Å². The number of aryl methyl sites for hydroxylation is 1. The monoisotopic (exact) mass is 536 g/mol. The maximum atomic E-state index is 13.5. The molecule has 202 valence electrons. The molecule has 1 saturated heterocycles. The number of sulfonamides is 1. The van der Waals surface area contributed by atoms with Crippen LogP contribution in [0.4, 0.5) is 5.69 Å². The molecule has 0 atom stereocenters. The second kappa shape index (κ2) is 12.1. The van der Waals surface area contributed by atoms with E-state index in [0.717, 1.165) is 18.7 Å². The highest BCUT2D eigenvalue weighted by atomic mass is 32.2. The first-order valence-electron chi connectivity index (χ1n) is 13.1. The molecule has 38 heavy (non-hydrogen) atoms. The minimum Gasteiger partial charge on any atom is -0.341 e. The largest absolute Gasteiger partial charge is 0.341 e. The van der Waals surface area contributed by atoms with Crippen molar-refractivity contribution < 1.29 is 18.0 Å². The molecule has 0 aromatic heterocycles. The van der Waals surface area contributed by atoms with Gasteiger partial charge in [-0.25, -0.2) is 13.1 Å². The molecule has 0 spiro atoms. The van der Waals surface area contributed by atoms with Crippen LogP contribution in [0.25, 0.3) is 10.8 Å². The average molecular weight is 537 g/mol. The lowest BCUT2D eigenvalue weighted by molar-refractivity contribution is -0.133. The van der Waals surface area contributed by atoms with E-state index < -0.39 is 10.0 Å². The van der Waals surface area contributed by atoms with Crippen LogP contribution in [0.15, 0.2) is 65.6 Å². The minimum atomic E-state index is -3.83. The summed E-state index contributed by atoms with van der Waals surface area (Å²) in [6.07, 6.45) is 1.12. The Balaban J connectivity index is 1.48. The van der Waals surface area contributed by atoms with E-state index in [4.69, 9.17) is 0 Å². The van der Waals surface area contributed by atoms with Crippen molar-refractivity contribution in [2.24, 2.45) is 0 Å². The highest BCUT2D eigenvalue weighted by molar-refractivity contribution is 7.89. The Bertz CT molecular complexity index is 1410. The number of nitrogens with zero attached hydrogens (tertiary/aromatic N) is 2. The summed E-state index contributed by atoms with van der Waals surface area (Å²) < 4.78 is 29.8. The van der Waals surface area contributed by atoms with E-state index in [1.54, 1.807) is 30.3 Å². The number of benzene rings is 3. The molecular formula is C29H36N4O4S. The average Bonchev–Trinajstić information content (AvgIpc) is 2.92. The van der Waals surface area contributed by atoms with Gasteiger partial charge >= 0.3 is 0 Å². The van der Waals surface area contributed by atoms with Crippen LogP contribution in [0.5, 0.6) is 0 Å². The Morgan fingerprint density at radius 2 is 1.55 bits per heavy atom. The molecule has 1 fully saturated rings. The quantitative estimate of drug-likeness (QED) is 0.431. The van der Waals surface area contributed by atoms with Crippen molar-refractivity contribution in [2.75, 3.05) is 38.0 Å². The second-order valence-corrected chi connectivity index (χ2v) is 11.3. The van der Waals surface area contributed by atoms with Gasteiger partial charge in [-0.2, -0.15) is 0 Å². The summed E-state index contributed by atoms with van der Waals surface area (Å²) in [4.78, 5) is 29.6. The number of likely N-dealkylation sites (tertiary alicyclic amines) is 1. The van der Waals surface area contributed by atoms with E-state index in [9.17, 15) is 18.0 Å². The normalized spacial score (nSPS) is 14.7. The summed E-state index contributed by atoms with van der Waals surface area (Å²) in [5, 5.41) is 4.13. The number of anilines is 1. The van der Waals surface area contributed by atoms with E-state index >= 15 is 0 Å². The third-order valence-electron chi connectivity index (χ3n) is 7.23. The first kappa shape index (κ1) is 27.8. The van der Waals surface area contributed by atoms with Gasteiger partial charge in [-0.3, -0.25) is 14.5 Å². The van der Waals surface area contributed by atoms with Crippen molar-refractivity contribution in [3.8, 4) is 0 Å². The number of carbonyl (C=O) groups excluding carboxylic acids is 2. The molecule has 3 aromatic rings. The lowest BCUT2D eigenvalue weighted by atomic mass is 10.1. The lowest BCUT2D eigenvalue weighted by Gasteiger charge is -2.33. The highest BCUT2D eigenvalue weighted by Crippen LogP contribution is 2.30. The minimum absolute atomic E-state index is 0.0873. The van der Waals surface area contributed by atoms with Crippen molar-refractivity contribution in [1.29, 1.82) is 0 Å². The predicted molar refractivity (Wildman–Crippen MR) is 151 cm³/mol. The van der Waals surface area contributed by atoms with Crippen LogP contribution in [-0.2, 0) is 14.8 Å². The fraction of sp³-hybridized carbons (Fsp3) is 0.379. The number of nitrogens with one attached hydrogen (secondary N) is 2. The Morgan fingerprint density at radius 3 is 2.21 bits per heavy atom. The van der Waals surface area contributed by atoms with Gasteiger partial charge < -0.3 is 10.2 Å². The molecule has 1 aliphatic heterocycles. The van der Waals surface area contributed by atoms with Gasteiger partial charge in [0.05, 0.1) is 11.4 Å². The van der Waals surface area contributed by atoms with Crippen LogP contribution in [0.2, 0.25) is 0 Å². The van der Waals surface area contributed by atoms with Crippen molar-refractivity contribution in [2.45, 2.75) is 44.6 Å². The van der Waals surface area contributed by atoms with Crippen molar-refractivity contribution in [3.63, 3.8) is 0 Å². The van der Waals surface area contributed by atoms with Gasteiger partial charge in [-0.05, 0) is 56.6 Å². The molecule has 8 nitrogen and oxygen atoms in total. The number of fused-ring (bicyclic) bond motifs is 1. The van der Waals surface area contributed by atoms with Gasteiger partial charge in [0.1, 0.15) is 0 Å². The van der Waals surface area contributed by atoms with Gasteiger partial charge in [-0.15, -0.1) is 0 Å². The Kier molecular flexibility index (Phi) is 8.81. The van der Waals surface area contributed by atoms with Gasteiger partial charge in [0.2, 0.25) is 15.9 Å². The number of hydrogen-bond acceptors (Lipinski definition) is 5. The molecule has 2 amide bonds. The SMILES string of the molecule is CCN(CC)CC(=O)N1CCC(NS(=O)(=O)c2ccc(NC(=O)c3ccccc3C)c3ccccc23)CC1. The van der Waals surface area contributed by atoms with Crippen LogP contribution in [-0.4, -0.2) is 68.8 Å². The van der Waals surface area contributed by atoms with Crippen LogP contribution in [0.3, 0.4) is 0 Å². The summed E-state index contributed by atoms with van der Waals surface area (Å²) in [6.45, 7) is 9.03. The molecular weight excluding hydrogens is 500 g/mol.